The Hall–Kier alpha value is -2.62. The molecule has 0 bridgehead atoms. The molecule has 144 valence electrons. The summed E-state index contributed by atoms with van der Waals surface area (Å²) in [5.74, 6) is -0.176. The molecule has 0 unspecified atom stereocenters. The van der Waals surface area contributed by atoms with Crippen molar-refractivity contribution in [1.82, 2.24) is 5.32 Å². The molecule has 0 aliphatic rings. The van der Waals surface area contributed by atoms with Crippen molar-refractivity contribution in [2.24, 2.45) is 5.92 Å². The highest BCUT2D eigenvalue weighted by Crippen LogP contribution is 2.27. The first kappa shape index (κ1) is 20.7. The van der Waals surface area contributed by atoms with Crippen molar-refractivity contribution in [3.63, 3.8) is 0 Å². The van der Waals surface area contributed by atoms with Gasteiger partial charge in [-0.15, -0.1) is 0 Å². The lowest BCUT2D eigenvalue weighted by molar-refractivity contribution is -0.118. The van der Waals surface area contributed by atoms with E-state index in [9.17, 15) is 9.59 Å². The van der Waals surface area contributed by atoms with E-state index in [0.717, 1.165) is 22.4 Å². The predicted octanol–water partition coefficient (Wildman–Crippen LogP) is 4.82. The second-order valence-electron chi connectivity index (χ2n) is 7.74. The molecule has 0 saturated heterocycles. The number of para-hydroxylation sites is 1. The molecule has 0 saturated carbocycles. The van der Waals surface area contributed by atoms with Gasteiger partial charge in [-0.1, -0.05) is 63.6 Å². The van der Waals surface area contributed by atoms with Crippen LogP contribution in [0.1, 0.15) is 60.7 Å². The van der Waals surface area contributed by atoms with Crippen LogP contribution >= 0.6 is 0 Å². The second-order valence-corrected chi connectivity index (χ2v) is 7.74. The van der Waals surface area contributed by atoms with Crippen LogP contribution in [0.25, 0.3) is 0 Å². The SMILES string of the molecule is Cc1ccc(C(=O)N[C@H](C(=O)Nc2c(C)cccc2C(C)C)C(C)C)cc1. The van der Waals surface area contributed by atoms with Gasteiger partial charge in [0, 0.05) is 11.3 Å². The molecule has 1 atom stereocenters. The predicted molar refractivity (Wildman–Crippen MR) is 111 cm³/mol. The van der Waals surface area contributed by atoms with Crippen LogP contribution in [0.15, 0.2) is 42.5 Å². The Kier molecular flexibility index (Phi) is 6.78. The van der Waals surface area contributed by atoms with Crippen molar-refractivity contribution < 1.29 is 9.59 Å². The quantitative estimate of drug-likeness (QED) is 0.770. The number of aryl methyl sites for hydroxylation is 2. The van der Waals surface area contributed by atoms with E-state index in [4.69, 9.17) is 0 Å². The van der Waals surface area contributed by atoms with Crippen molar-refractivity contribution in [3.05, 3.63) is 64.7 Å². The number of carbonyl (C=O) groups is 2. The molecule has 4 heteroatoms. The molecule has 4 nitrogen and oxygen atoms in total. The summed E-state index contributed by atoms with van der Waals surface area (Å²) in [7, 11) is 0. The molecule has 0 aliphatic carbocycles. The van der Waals surface area contributed by atoms with Gasteiger partial charge in [-0.2, -0.15) is 0 Å². The van der Waals surface area contributed by atoms with Gasteiger partial charge in [0.05, 0.1) is 0 Å². The lowest BCUT2D eigenvalue weighted by Crippen LogP contribution is -2.47. The summed E-state index contributed by atoms with van der Waals surface area (Å²) in [6, 6.07) is 12.7. The van der Waals surface area contributed by atoms with Gasteiger partial charge < -0.3 is 10.6 Å². The van der Waals surface area contributed by atoms with Crippen LogP contribution in [0.4, 0.5) is 5.69 Å². The number of hydrogen-bond acceptors (Lipinski definition) is 2. The summed E-state index contributed by atoms with van der Waals surface area (Å²) < 4.78 is 0. The highest BCUT2D eigenvalue weighted by atomic mass is 16.2. The van der Waals surface area contributed by atoms with Gasteiger partial charge in [0.2, 0.25) is 5.91 Å². The molecule has 2 aromatic carbocycles. The molecule has 0 aliphatic heterocycles. The van der Waals surface area contributed by atoms with Crippen molar-refractivity contribution in [1.29, 1.82) is 0 Å². The molecule has 2 amide bonds. The number of rotatable bonds is 6. The summed E-state index contributed by atoms with van der Waals surface area (Å²) in [6.07, 6.45) is 0. The van der Waals surface area contributed by atoms with Crippen molar-refractivity contribution in [2.45, 2.75) is 53.5 Å². The summed E-state index contributed by atoms with van der Waals surface area (Å²) in [6.45, 7) is 12.0. The Balaban J connectivity index is 2.21. The Labute approximate surface area is 162 Å². The smallest absolute Gasteiger partial charge is 0.251 e. The summed E-state index contributed by atoms with van der Waals surface area (Å²) in [4.78, 5) is 25.6. The number of carbonyl (C=O) groups excluding carboxylic acids is 2. The van der Waals surface area contributed by atoms with E-state index in [1.54, 1.807) is 12.1 Å². The first-order valence-corrected chi connectivity index (χ1v) is 9.48. The van der Waals surface area contributed by atoms with Crippen LogP contribution in [0.2, 0.25) is 0 Å². The van der Waals surface area contributed by atoms with Crippen LogP contribution < -0.4 is 10.6 Å². The fourth-order valence-electron chi connectivity index (χ4n) is 3.01. The molecule has 0 fully saturated rings. The zero-order valence-corrected chi connectivity index (χ0v) is 17.1. The largest absolute Gasteiger partial charge is 0.340 e. The number of nitrogens with one attached hydrogen (secondary N) is 2. The molecule has 0 aromatic heterocycles. The van der Waals surface area contributed by atoms with Crippen molar-refractivity contribution >= 4 is 17.5 Å². The lowest BCUT2D eigenvalue weighted by Gasteiger charge is -2.24. The van der Waals surface area contributed by atoms with E-state index in [1.807, 2.05) is 58.0 Å². The van der Waals surface area contributed by atoms with Crippen molar-refractivity contribution in [3.8, 4) is 0 Å². The van der Waals surface area contributed by atoms with Crippen LogP contribution in [-0.2, 0) is 4.79 Å². The molecule has 0 radical (unpaired) electrons. The van der Waals surface area contributed by atoms with E-state index in [2.05, 4.69) is 24.5 Å². The first-order valence-electron chi connectivity index (χ1n) is 9.48. The minimum absolute atomic E-state index is 0.0362. The Morgan fingerprint density at radius 2 is 1.52 bits per heavy atom. The standard InChI is InChI=1S/C23H30N2O2/c1-14(2)19-9-7-8-17(6)21(19)25-23(27)20(15(3)4)24-22(26)18-12-10-16(5)11-13-18/h7-15,20H,1-6H3,(H,24,26)(H,25,27)/t20-/m0/s1. The third-order valence-electron chi connectivity index (χ3n) is 4.72. The highest BCUT2D eigenvalue weighted by Gasteiger charge is 2.26. The van der Waals surface area contributed by atoms with E-state index in [-0.39, 0.29) is 17.7 Å². The molecule has 0 spiro atoms. The first-order chi connectivity index (χ1) is 12.7. The number of benzene rings is 2. The second kappa shape index (κ2) is 8.85. The molecular weight excluding hydrogens is 336 g/mol. The molecule has 2 N–H and O–H groups in total. The van der Waals surface area contributed by atoms with Gasteiger partial charge in [0.15, 0.2) is 0 Å². The molecule has 2 aromatic rings. The van der Waals surface area contributed by atoms with Gasteiger partial charge in [0.1, 0.15) is 6.04 Å². The average Bonchev–Trinajstić information content (AvgIpc) is 2.61. The topological polar surface area (TPSA) is 58.2 Å². The summed E-state index contributed by atoms with van der Waals surface area (Å²) in [5.41, 5.74) is 4.59. The van der Waals surface area contributed by atoms with Gasteiger partial charge >= 0.3 is 0 Å². The Morgan fingerprint density at radius 1 is 0.889 bits per heavy atom. The number of anilines is 1. The van der Waals surface area contributed by atoms with E-state index in [1.165, 1.54) is 0 Å². The minimum Gasteiger partial charge on any atom is -0.340 e. The van der Waals surface area contributed by atoms with Crippen LogP contribution in [0.5, 0.6) is 0 Å². The van der Waals surface area contributed by atoms with Crippen molar-refractivity contribution in [2.75, 3.05) is 5.32 Å². The fourth-order valence-corrected chi connectivity index (χ4v) is 3.01. The zero-order chi connectivity index (χ0) is 20.1. The van der Waals surface area contributed by atoms with Gasteiger partial charge in [-0.25, -0.2) is 0 Å². The molecule has 2 rings (SSSR count). The number of hydrogen-bond donors (Lipinski definition) is 2. The Morgan fingerprint density at radius 3 is 2.07 bits per heavy atom. The van der Waals surface area contributed by atoms with Crippen LogP contribution in [0, 0.1) is 19.8 Å². The van der Waals surface area contributed by atoms with E-state index < -0.39 is 6.04 Å². The molecule has 0 heterocycles. The summed E-state index contributed by atoms with van der Waals surface area (Å²) >= 11 is 0. The number of amides is 2. The maximum absolute atomic E-state index is 13.0. The fraction of sp³-hybridized carbons (Fsp3) is 0.391. The molecular formula is C23H30N2O2. The average molecular weight is 367 g/mol. The normalized spacial score (nSPS) is 12.1. The van der Waals surface area contributed by atoms with Crippen LogP contribution in [0.3, 0.4) is 0 Å². The lowest BCUT2D eigenvalue weighted by atomic mass is 9.97. The van der Waals surface area contributed by atoms with Crippen LogP contribution in [-0.4, -0.2) is 17.9 Å². The summed E-state index contributed by atoms with van der Waals surface area (Å²) in [5, 5.41) is 5.94. The van der Waals surface area contributed by atoms with Gasteiger partial charge in [0.25, 0.3) is 5.91 Å². The third kappa shape index (κ3) is 5.19. The highest BCUT2D eigenvalue weighted by molar-refractivity contribution is 6.02. The van der Waals surface area contributed by atoms with Gasteiger partial charge in [-0.05, 0) is 48.9 Å². The maximum Gasteiger partial charge on any atom is 0.251 e. The third-order valence-corrected chi connectivity index (χ3v) is 4.72. The molecule has 27 heavy (non-hydrogen) atoms. The van der Waals surface area contributed by atoms with Gasteiger partial charge in [-0.3, -0.25) is 9.59 Å². The maximum atomic E-state index is 13.0. The Bertz CT molecular complexity index is 808. The monoisotopic (exact) mass is 366 g/mol. The van der Waals surface area contributed by atoms with E-state index in [0.29, 0.717) is 11.5 Å². The van der Waals surface area contributed by atoms with E-state index >= 15 is 0 Å². The zero-order valence-electron chi connectivity index (χ0n) is 17.1. The minimum atomic E-state index is -0.613.